The Morgan fingerprint density at radius 1 is 0.872 bits per heavy atom. The SMILES string of the molecule is Cc1cccc(-n2nc(C(C)(C)C)cc2NC(=O)Nc2cccc(Cc3ccnc4cc(C)c(C)cc34)c2)c1. The van der Waals surface area contributed by atoms with Crippen LogP contribution in [0.15, 0.2) is 79.0 Å². The number of hydrogen-bond acceptors (Lipinski definition) is 3. The first kappa shape index (κ1) is 26.2. The number of hydrogen-bond donors (Lipinski definition) is 2. The van der Waals surface area contributed by atoms with Gasteiger partial charge in [0.15, 0.2) is 0 Å². The molecule has 5 rings (SSSR count). The molecule has 39 heavy (non-hydrogen) atoms. The summed E-state index contributed by atoms with van der Waals surface area (Å²) in [5, 5.41) is 12.0. The van der Waals surface area contributed by atoms with Crippen molar-refractivity contribution in [2.75, 3.05) is 10.6 Å². The number of aryl methyl sites for hydroxylation is 3. The molecule has 0 unspecified atom stereocenters. The molecule has 6 nitrogen and oxygen atoms in total. The fraction of sp³-hybridized carbons (Fsp3) is 0.242. The number of benzene rings is 3. The second-order valence-electron chi connectivity index (χ2n) is 11.3. The number of urea groups is 1. The molecule has 5 aromatic rings. The van der Waals surface area contributed by atoms with Crippen molar-refractivity contribution in [1.29, 1.82) is 0 Å². The van der Waals surface area contributed by atoms with E-state index >= 15 is 0 Å². The quantitative estimate of drug-likeness (QED) is 0.249. The Morgan fingerprint density at radius 3 is 2.41 bits per heavy atom. The van der Waals surface area contributed by atoms with Crippen molar-refractivity contribution in [2.24, 2.45) is 0 Å². The minimum atomic E-state index is -0.318. The number of pyridine rings is 1. The highest BCUT2D eigenvalue weighted by molar-refractivity contribution is 5.99. The first-order valence-electron chi connectivity index (χ1n) is 13.3. The molecule has 0 atom stereocenters. The molecule has 3 aromatic carbocycles. The second-order valence-corrected chi connectivity index (χ2v) is 11.3. The molecule has 2 heterocycles. The van der Waals surface area contributed by atoms with E-state index in [1.807, 2.05) is 55.6 Å². The Bertz CT molecular complexity index is 1680. The van der Waals surface area contributed by atoms with Crippen LogP contribution in [0.3, 0.4) is 0 Å². The van der Waals surface area contributed by atoms with Gasteiger partial charge in [-0.15, -0.1) is 0 Å². The van der Waals surface area contributed by atoms with Crippen LogP contribution in [0.4, 0.5) is 16.3 Å². The molecule has 2 aromatic heterocycles. The monoisotopic (exact) mass is 517 g/mol. The maximum atomic E-state index is 13.1. The van der Waals surface area contributed by atoms with E-state index in [0.717, 1.165) is 45.5 Å². The average molecular weight is 518 g/mol. The lowest BCUT2D eigenvalue weighted by molar-refractivity contribution is 0.262. The molecule has 0 spiro atoms. The highest BCUT2D eigenvalue weighted by Crippen LogP contribution is 2.27. The zero-order valence-electron chi connectivity index (χ0n) is 23.5. The van der Waals surface area contributed by atoms with E-state index < -0.39 is 0 Å². The van der Waals surface area contributed by atoms with Crippen molar-refractivity contribution in [2.45, 2.75) is 53.4 Å². The van der Waals surface area contributed by atoms with Crippen molar-refractivity contribution in [1.82, 2.24) is 14.8 Å². The van der Waals surface area contributed by atoms with Crippen LogP contribution in [0.5, 0.6) is 0 Å². The Balaban J connectivity index is 1.37. The zero-order chi connectivity index (χ0) is 27.7. The van der Waals surface area contributed by atoms with Crippen molar-refractivity contribution in [3.8, 4) is 5.69 Å². The molecule has 0 aliphatic heterocycles. The third kappa shape index (κ3) is 5.85. The lowest BCUT2D eigenvalue weighted by Gasteiger charge is -2.14. The van der Waals surface area contributed by atoms with Crippen molar-refractivity contribution in [3.05, 3.63) is 113 Å². The van der Waals surface area contributed by atoms with Gasteiger partial charge in [-0.3, -0.25) is 10.3 Å². The van der Waals surface area contributed by atoms with Crippen molar-refractivity contribution >= 4 is 28.4 Å². The summed E-state index contributed by atoms with van der Waals surface area (Å²) in [5.41, 5.74) is 9.31. The first-order chi connectivity index (χ1) is 18.6. The molecule has 198 valence electrons. The average Bonchev–Trinajstić information content (AvgIpc) is 3.30. The van der Waals surface area contributed by atoms with Crippen LogP contribution in [-0.4, -0.2) is 20.8 Å². The highest BCUT2D eigenvalue weighted by atomic mass is 16.2. The van der Waals surface area contributed by atoms with Crippen LogP contribution in [0.1, 0.15) is 54.3 Å². The molecule has 6 heteroatoms. The third-order valence-electron chi connectivity index (χ3n) is 6.99. The summed E-state index contributed by atoms with van der Waals surface area (Å²) in [6.07, 6.45) is 2.61. The van der Waals surface area contributed by atoms with Gasteiger partial charge in [-0.05, 0) is 97.5 Å². The standard InChI is InChI=1S/C33H35N5O/c1-21-9-7-12-27(15-21)38-31(20-30(37-38)33(4,5)6)36-32(39)35-26-11-8-10-24(19-26)18-25-13-14-34-29-17-23(3)22(2)16-28(25)29/h7-17,19-20H,18H2,1-6H3,(H2,35,36,39). The van der Waals surface area contributed by atoms with Gasteiger partial charge in [-0.2, -0.15) is 5.10 Å². The number of fused-ring (bicyclic) bond motifs is 1. The van der Waals surface area contributed by atoms with Gasteiger partial charge in [0.1, 0.15) is 5.82 Å². The minimum Gasteiger partial charge on any atom is -0.308 e. The summed E-state index contributed by atoms with van der Waals surface area (Å²) >= 11 is 0. The summed E-state index contributed by atoms with van der Waals surface area (Å²) in [4.78, 5) is 17.7. The maximum Gasteiger partial charge on any atom is 0.324 e. The molecule has 2 N–H and O–H groups in total. The number of anilines is 2. The van der Waals surface area contributed by atoms with Crippen molar-refractivity contribution in [3.63, 3.8) is 0 Å². The molecule has 0 radical (unpaired) electrons. The molecule has 0 aliphatic carbocycles. The third-order valence-corrected chi connectivity index (χ3v) is 6.99. The number of carbonyl (C=O) groups excluding carboxylic acids is 1. The van der Waals surface area contributed by atoms with Crippen LogP contribution in [0.2, 0.25) is 0 Å². The Kier molecular flexibility index (Phi) is 6.96. The maximum absolute atomic E-state index is 13.1. The lowest BCUT2D eigenvalue weighted by atomic mass is 9.92. The van der Waals surface area contributed by atoms with Crippen LogP contribution in [0.25, 0.3) is 16.6 Å². The minimum absolute atomic E-state index is 0.162. The number of nitrogens with zero attached hydrogens (tertiary/aromatic N) is 3. The van der Waals surface area contributed by atoms with Gasteiger partial charge in [0.05, 0.1) is 16.9 Å². The van der Waals surface area contributed by atoms with Crippen LogP contribution in [0, 0.1) is 20.8 Å². The fourth-order valence-corrected chi connectivity index (χ4v) is 4.67. The molecular weight excluding hydrogens is 482 g/mol. The van der Waals surface area contributed by atoms with Gasteiger partial charge in [0.25, 0.3) is 0 Å². The summed E-state index contributed by atoms with van der Waals surface area (Å²) < 4.78 is 1.79. The fourth-order valence-electron chi connectivity index (χ4n) is 4.67. The number of aromatic nitrogens is 3. The summed E-state index contributed by atoms with van der Waals surface area (Å²) in [6.45, 7) is 12.6. The van der Waals surface area contributed by atoms with Gasteiger partial charge in [-0.25, -0.2) is 9.48 Å². The van der Waals surface area contributed by atoms with Crippen molar-refractivity contribution < 1.29 is 4.79 Å². The number of rotatable bonds is 5. The molecule has 0 saturated heterocycles. The second kappa shape index (κ2) is 10.4. The lowest BCUT2D eigenvalue weighted by Crippen LogP contribution is -2.21. The van der Waals surface area contributed by atoms with Crippen LogP contribution >= 0.6 is 0 Å². The van der Waals surface area contributed by atoms with E-state index in [1.165, 1.54) is 16.7 Å². The molecule has 2 amide bonds. The Morgan fingerprint density at radius 2 is 1.64 bits per heavy atom. The van der Waals surface area contributed by atoms with E-state index in [-0.39, 0.29) is 11.4 Å². The van der Waals surface area contributed by atoms with E-state index in [4.69, 9.17) is 5.10 Å². The first-order valence-corrected chi connectivity index (χ1v) is 13.3. The largest absolute Gasteiger partial charge is 0.324 e. The van der Waals surface area contributed by atoms with Gasteiger partial charge >= 0.3 is 6.03 Å². The van der Waals surface area contributed by atoms with E-state index in [2.05, 4.69) is 80.6 Å². The smallest absolute Gasteiger partial charge is 0.308 e. The summed E-state index contributed by atoms with van der Waals surface area (Å²) in [6, 6.07) is 24.1. The van der Waals surface area contributed by atoms with Crippen LogP contribution in [-0.2, 0) is 11.8 Å². The Labute approximate surface area is 230 Å². The number of carbonyl (C=O) groups is 1. The summed E-state index contributed by atoms with van der Waals surface area (Å²) in [7, 11) is 0. The molecule has 0 fully saturated rings. The van der Waals surface area contributed by atoms with Gasteiger partial charge in [0, 0.05) is 28.8 Å². The number of amides is 2. The molecule has 0 bridgehead atoms. The summed E-state index contributed by atoms with van der Waals surface area (Å²) in [5.74, 6) is 0.619. The normalized spacial score (nSPS) is 11.5. The number of nitrogens with one attached hydrogen (secondary N) is 2. The van der Waals surface area contributed by atoms with E-state index in [0.29, 0.717) is 5.82 Å². The van der Waals surface area contributed by atoms with Crippen LogP contribution < -0.4 is 10.6 Å². The van der Waals surface area contributed by atoms with E-state index in [9.17, 15) is 4.79 Å². The van der Waals surface area contributed by atoms with Gasteiger partial charge in [0.2, 0.25) is 0 Å². The topological polar surface area (TPSA) is 71.8 Å². The predicted octanol–water partition coefficient (Wildman–Crippen LogP) is 7.88. The Hall–Kier alpha value is -4.45. The molecule has 0 saturated carbocycles. The van der Waals surface area contributed by atoms with E-state index in [1.54, 1.807) is 4.68 Å². The van der Waals surface area contributed by atoms with Gasteiger partial charge in [-0.1, -0.05) is 45.0 Å². The molecule has 0 aliphatic rings. The molecular formula is C33H35N5O. The van der Waals surface area contributed by atoms with Gasteiger partial charge < -0.3 is 5.32 Å². The predicted molar refractivity (Wildman–Crippen MR) is 160 cm³/mol. The highest BCUT2D eigenvalue weighted by Gasteiger charge is 2.21. The zero-order valence-corrected chi connectivity index (χ0v) is 23.5.